The summed E-state index contributed by atoms with van der Waals surface area (Å²) in [5, 5.41) is 12.4. The van der Waals surface area contributed by atoms with E-state index in [0.717, 1.165) is 18.9 Å². The van der Waals surface area contributed by atoms with Gasteiger partial charge in [-0.1, -0.05) is 20.8 Å². The van der Waals surface area contributed by atoms with Crippen molar-refractivity contribution >= 4 is 0 Å². The van der Waals surface area contributed by atoms with Gasteiger partial charge < -0.3 is 10.4 Å². The molecule has 0 amide bonds. The molecule has 0 radical (unpaired) electrons. The van der Waals surface area contributed by atoms with E-state index >= 15 is 0 Å². The first-order chi connectivity index (χ1) is 6.56. The second-order valence-corrected chi connectivity index (χ2v) is 4.91. The third-order valence-electron chi connectivity index (χ3n) is 2.50. The highest BCUT2D eigenvalue weighted by molar-refractivity contribution is 4.63. The van der Waals surface area contributed by atoms with Crippen molar-refractivity contribution in [1.29, 1.82) is 0 Å². The zero-order chi connectivity index (χ0) is 11.0. The highest BCUT2D eigenvalue weighted by Gasteiger charge is 2.04. The summed E-state index contributed by atoms with van der Waals surface area (Å²) in [4.78, 5) is 0. The fourth-order valence-corrected chi connectivity index (χ4v) is 1.68. The zero-order valence-electron chi connectivity index (χ0n) is 10.2. The van der Waals surface area contributed by atoms with Crippen LogP contribution in [-0.4, -0.2) is 24.3 Å². The second-order valence-electron chi connectivity index (χ2n) is 4.91. The number of aliphatic hydroxyl groups excluding tert-OH is 1. The van der Waals surface area contributed by atoms with E-state index in [1.165, 1.54) is 12.8 Å². The molecule has 0 bridgehead atoms. The smallest absolute Gasteiger partial charge is 0.0456 e. The molecule has 0 rings (SSSR count). The van der Waals surface area contributed by atoms with Gasteiger partial charge in [0.1, 0.15) is 0 Å². The lowest BCUT2D eigenvalue weighted by molar-refractivity contribution is 0.227. The maximum atomic E-state index is 8.84. The van der Waals surface area contributed by atoms with E-state index in [-0.39, 0.29) is 0 Å². The van der Waals surface area contributed by atoms with Gasteiger partial charge in [-0.05, 0) is 44.6 Å². The lowest BCUT2D eigenvalue weighted by Crippen LogP contribution is -2.28. The van der Waals surface area contributed by atoms with Gasteiger partial charge in [0.25, 0.3) is 0 Å². The number of hydrogen-bond acceptors (Lipinski definition) is 2. The minimum absolute atomic E-state index is 0.321. The maximum Gasteiger partial charge on any atom is 0.0456 e. The van der Waals surface area contributed by atoms with Crippen molar-refractivity contribution in [3.05, 3.63) is 0 Å². The first-order valence-electron chi connectivity index (χ1n) is 5.90. The molecule has 0 spiro atoms. The lowest BCUT2D eigenvalue weighted by atomic mass is 10.0. The van der Waals surface area contributed by atoms with Crippen molar-refractivity contribution in [3.63, 3.8) is 0 Å². The van der Waals surface area contributed by atoms with Gasteiger partial charge in [0, 0.05) is 12.6 Å². The Hall–Kier alpha value is -0.0800. The summed E-state index contributed by atoms with van der Waals surface area (Å²) in [5.74, 6) is 1.23. The van der Waals surface area contributed by atoms with E-state index in [2.05, 4.69) is 33.0 Å². The van der Waals surface area contributed by atoms with Gasteiger partial charge in [-0.15, -0.1) is 0 Å². The zero-order valence-corrected chi connectivity index (χ0v) is 10.2. The molecule has 0 aliphatic carbocycles. The average Bonchev–Trinajstić information content (AvgIpc) is 2.10. The molecule has 2 nitrogen and oxygen atoms in total. The molecule has 14 heavy (non-hydrogen) atoms. The van der Waals surface area contributed by atoms with Crippen LogP contribution in [0.4, 0.5) is 0 Å². The van der Waals surface area contributed by atoms with Crippen molar-refractivity contribution in [2.45, 2.75) is 53.0 Å². The third kappa shape index (κ3) is 8.52. The van der Waals surface area contributed by atoms with Crippen molar-refractivity contribution < 1.29 is 5.11 Å². The van der Waals surface area contributed by atoms with E-state index < -0.39 is 0 Å². The van der Waals surface area contributed by atoms with Gasteiger partial charge in [-0.3, -0.25) is 0 Å². The second kappa shape index (κ2) is 8.25. The molecule has 0 saturated carbocycles. The van der Waals surface area contributed by atoms with Gasteiger partial charge >= 0.3 is 0 Å². The number of hydrogen-bond donors (Lipinski definition) is 2. The van der Waals surface area contributed by atoms with Crippen molar-refractivity contribution in [2.75, 3.05) is 13.2 Å². The normalized spacial score (nSPS) is 15.9. The van der Waals surface area contributed by atoms with Crippen LogP contribution in [0, 0.1) is 11.8 Å². The molecule has 2 atom stereocenters. The minimum atomic E-state index is 0.321. The van der Waals surface area contributed by atoms with Crippen molar-refractivity contribution in [2.24, 2.45) is 11.8 Å². The first-order valence-corrected chi connectivity index (χ1v) is 5.90. The Morgan fingerprint density at radius 3 is 2.29 bits per heavy atom. The van der Waals surface area contributed by atoms with E-state index in [0.29, 0.717) is 18.6 Å². The molecule has 0 heterocycles. The SMILES string of the molecule is CC(C)CC(C)NCCCC(C)CO. The standard InChI is InChI=1S/C12H27NO/c1-10(2)8-12(4)13-7-5-6-11(3)9-14/h10-14H,5-9H2,1-4H3. The van der Waals surface area contributed by atoms with Crippen LogP contribution in [0.3, 0.4) is 0 Å². The van der Waals surface area contributed by atoms with Crippen LogP contribution in [-0.2, 0) is 0 Å². The Kier molecular flexibility index (Phi) is 8.20. The van der Waals surface area contributed by atoms with Crippen LogP contribution in [0.2, 0.25) is 0 Å². The Morgan fingerprint density at radius 1 is 1.14 bits per heavy atom. The van der Waals surface area contributed by atoms with E-state index in [1.54, 1.807) is 0 Å². The molecular weight excluding hydrogens is 174 g/mol. The van der Waals surface area contributed by atoms with Crippen molar-refractivity contribution in [1.82, 2.24) is 5.32 Å². The van der Waals surface area contributed by atoms with Gasteiger partial charge in [0.2, 0.25) is 0 Å². The molecule has 2 unspecified atom stereocenters. The fourth-order valence-electron chi connectivity index (χ4n) is 1.68. The molecule has 2 N–H and O–H groups in total. The summed E-state index contributed by atoms with van der Waals surface area (Å²) in [5.41, 5.74) is 0. The molecule has 0 aliphatic rings. The highest BCUT2D eigenvalue weighted by Crippen LogP contribution is 2.05. The molecule has 86 valence electrons. The predicted molar refractivity (Wildman–Crippen MR) is 62.4 cm³/mol. The summed E-state index contributed by atoms with van der Waals surface area (Å²) >= 11 is 0. The maximum absolute atomic E-state index is 8.84. The highest BCUT2D eigenvalue weighted by atomic mass is 16.3. The fraction of sp³-hybridized carbons (Fsp3) is 1.00. The van der Waals surface area contributed by atoms with Crippen LogP contribution in [0.25, 0.3) is 0 Å². The molecule has 0 aromatic carbocycles. The molecular formula is C12H27NO. The number of nitrogens with one attached hydrogen (secondary N) is 1. The van der Waals surface area contributed by atoms with E-state index in [4.69, 9.17) is 5.11 Å². The largest absolute Gasteiger partial charge is 0.396 e. The Labute approximate surface area is 89.1 Å². The number of rotatable bonds is 8. The topological polar surface area (TPSA) is 32.3 Å². The number of aliphatic hydroxyl groups is 1. The van der Waals surface area contributed by atoms with Crippen LogP contribution in [0.5, 0.6) is 0 Å². The first kappa shape index (κ1) is 13.9. The Morgan fingerprint density at radius 2 is 1.79 bits per heavy atom. The van der Waals surface area contributed by atoms with Crippen LogP contribution >= 0.6 is 0 Å². The summed E-state index contributed by atoms with van der Waals surface area (Å²) in [6, 6.07) is 0.624. The predicted octanol–water partition coefficient (Wildman–Crippen LogP) is 2.42. The van der Waals surface area contributed by atoms with Gasteiger partial charge in [-0.25, -0.2) is 0 Å². The molecule has 2 heteroatoms. The monoisotopic (exact) mass is 201 g/mol. The van der Waals surface area contributed by atoms with Gasteiger partial charge in [-0.2, -0.15) is 0 Å². The Bertz CT molecular complexity index is 125. The summed E-state index contributed by atoms with van der Waals surface area (Å²) < 4.78 is 0. The van der Waals surface area contributed by atoms with E-state index in [1.807, 2.05) is 0 Å². The summed E-state index contributed by atoms with van der Waals surface area (Å²) in [6.45, 7) is 10.3. The molecule has 0 aromatic rings. The summed E-state index contributed by atoms with van der Waals surface area (Å²) in [6.07, 6.45) is 3.54. The van der Waals surface area contributed by atoms with Crippen LogP contribution < -0.4 is 5.32 Å². The minimum Gasteiger partial charge on any atom is -0.396 e. The van der Waals surface area contributed by atoms with Crippen LogP contribution in [0.1, 0.15) is 47.0 Å². The third-order valence-corrected chi connectivity index (χ3v) is 2.50. The van der Waals surface area contributed by atoms with Gasteiger partial charge in [0.15, 0.2) is 0 Å². The quantitative estimate of drug-likeness (QED) is 0.591. The molecule has 0 fully saturated rings. The van der Waals surface area contributed by atoms with Crippen LogP contribution in [0.15, 0.2) is 0 Å². The van der Waals surface area contributed by atoms with Crippen molar-refractivity contribution in [3.8, 4) is 0 Å². The molecule has 0 aliphatic heterocycles. The summed E-state index contributed by atoms with van der Waals surface area (Å²) in [7, 11) is 0. The molecule has 0 aromatic heterocycles. The van der Waals surface area contributed by atoms with E-state index in [9.17, 15) is 0 Å². The Balaban J connectivity index is 3.27. The van der Waals surface area contributed by atoms with Gasteiger partial charge in [0.05, 0.1) is 0 Å². The average molecular weight is 201 g/mol. The lowest BCUT2D eigenvalue weighted by Gasteiger charge is -2.16. The molecule has 0 saturated heterocycles.